The lowest BCUT2D eigenvalue weighted by molar-refractivity contribution is 0.102. The summed E-state index contributed by atoms with van der Waals surface area (Å²) in [5.74, 6) is 0.414. The number of pyridine rings is 1. The number of anilines is 2. The van der Waals surface area contributed by atoms with Crippen LogP contribution in [0.25, 0.3) is 0 Å². The SMILES string of the molecule is COc1ccc(NC(=O)c2ccc(C(=N)N3CCC3)cc2)c(C(=O)Nc2ccc(Cl)cn2)c1. The van der Waals surface area contributed by atoms with Crippen LogP contribution in [0.1, 0.15) is 32.7 Å². The van der Waals surface area contributed by atoms with Crippen molar-refractivity contribution in [1.82, 2.24) is 9.88 Å². The monoisotopic (exact) mass is 463 g/mol. The molecular weight excluding hydrogens is 442 g/mol. The Hall–Kier alpha value is -3.91. The molecule has 0 unspecified atom stereocenters. The second kappa shape index (κ2) is 9.70. The molecule has 1 saturated heterocycles. The molecule has 0 radical (unpaired) electrons. The summed E-state index contributed by atoms with van der Waals surface area (Å²) in [4.78, 5) is 31.8. The molecule has 168 valence electrons. The van der Waals surface area contributed by atoms with Gasteiger partial charge in [-0.25, -0.2) is 4.98 Å². The number of ether oxygens (including phenoxy) is 1. The number of carbonyl (C=O) groups excluding carboxylic acids is 2. The van der Waals surface area contributed by atoms with Gasteiger partial charge in [0.2, 0.25) is 0 Å². The van der Waals surface area contributed by atoms with Gasteiger partial charge in [-0.1, -0.05) is 23.7 Å². The largest absolute Gasteiger partial charge is 0.497 e. The molecule has 4 rings (SSSR count). The highest BCUT2D eigenvalue weighted by Gasteiger charge is 2.19. The lowest BCUT2D eigenvalue weighted by Gasteiger charge is -2.33. The number of nitrogens with one attached hydrogen (secondary N) is 3. The molecule has 0 aliphatic carbocycles. The zero-order valence-corrected chi connectivity index (χ0v) is 18.6. The molecule has 1 aromatic heterocycles. The Morgan fingerprint density at radius 3 is 2.33 bits per heavy atom. The molecule has 3 aromatic rings. The third-order valence-electron chi connectivity index (χ3n) is 5.28. The number of methoxy groups -OCH3 is 1. The van der Waals surface area contributed by atoms with Crippen LogP contribution in [0.3, 0.4) is 0 Å². The van der Waals surface area contributed by atoms with Crippen molar-refractivity contribution in [1.29, 1.82) is 5.41 Å². The van der Waals surface area contributed by atoms with Gasteiger partial charge < -0.3 is 20.3 Å². The van der Waals surface area contributed by atoms with E-state index in [4.69, 9.17) is 21.7 Å². The zero-order chi connectivity index (χ0) is 23.4. The van der Waals surface area contributed by atoms with Crippen LogP contribution in [0.5, 0.6) is 5.75 Å². The predicted octanol–water partition coefficient (Wildman–Crippen LogP) is 4.28. The van der Waals surface area contributed by atoms with Crippen LogP contribution < -0.4 is 15.4 Å². The Morgan fingerprint density at radius 1 is 1.00 bits per heavy atom. The van der Waals surface area contributed by atoms with Crippen LogP contribution in [0, 0.1) is 5.41 Å². The van der Waals surface area contributed by atoms with E-state index in [1.165, 1.54) is 13.3 Å². The van der Waals surface area contributed by atoms with E-state index in [0.717, 1.165) is 25.1 Å². The molecule has 2 aromatic carbocycles. The molecule has 1 fully saturated rings. The third kappa shape index (κ3) is 5.12. The number of aromatic nitrogens is 1. The van der Waals surface area contributed by atoms with Crippen molar-refractivity contribution in [2.75, 3.05) is 30.8 Å². The van der Waals surface area contributed by atoms with Gasteiger partial charge in [-0.15, -0.1) is 0 Å². The molecule has 2 amide bonds. The van der Waals surface area contributed by atoms with Gasteiger partial charge in [-0.3, -0.25) is 15.0 Å². The zero-order valence-electron chi connectivity index (χ0n) is 17.9. The van der Waals surface area contributed by atoms with Crippen LogP contribution in [-0.2, 0) is 0 Å². The molecular formula is C24H22ClN5O3. The fraction of sp³-hybridized carbons (Fsp3) is 0.167. The summed E-state index contributed by atoms with van der Waals surface area (Å²) in [6, 6.07) is 14.8. The molecule has 33 heavy (non-hydrogen) atoms. The Morgan fingerprint density at radius 2 is 1.73 bits per heavy atom. The van der Waals surface area contributed by atoms with Gasteiger partial charge in [0.15, 0.2) is 0 Å². The Bertz CT molecular complexity index is 1190. The number of rotatable bonds is 6. The van der Waals surface area contributed by atoms with Crippen molar-refractivity contribution < 1.29 is 14.3 Å². The highest BCUT2D eigenvalue weighted by Crippen LogP contribution is 2.24. The lowest BCUT2D eigenvalue weighted by Crippen LogP contribution is -2.42. The number of nitrogens with zero attached hydrogens (tertiary/aromatic N) is 2. The minimum Gasteiger partial charge on any atom is -0.497 e. The van der Waals surface area contributed by atoms with E-state index in [0.29, 0.717) is 33.7 Å². The van der Waals surface area contributed by atoms with Crippen molar-refractivity contribution in [3.63, 3.8) is 0 Å². The second-order valence-electron chi connectivity index (χ2n) is 7.45. The van der Waals surface area contributed by atoms with Gasteiger partial charge in [0.1, 0.15) is 17.4 Å². The quantitative estimate of drug-likeness (QED) is 0.373. The second-order valence-corrected chi connectivity index (χ2v) is 7.88. The summed E-state index contributed by atoms with van der Waals surface area (Å²) in [5.41, 5.74) is 1.71. The first kappa shape index (κ1) is 22.3. The minimum absolute atomic E-state index is 0.218. The Labute approximate surface area is 196 Å². The molecule has 0 bridgehead atoms. The molecule has 0 saturated carbocycles. The van der Waals surface area contributed by atoms with Crippen LogP contribution in [0.2, 0.25) is 5.02 Å². The number of halogens is 1. The van der Waals surface area contributed by atoms with Crippen molar-refractivity contribution in [2.24, 2.45) is 0 Å². The van der Waals surface area contributed by atoms with Crippen LogP contribution >= 0.6 is 11.6 Å². The highest BCUT2D eigenvalue weighted by molar-refractivity contribution is 6.30. The van der Waals surface area contributed by atoms with Crippen molar-refractivity contribution in [3.8, 4) is 5.75 Å². The number of hydrogen-bond donors (Lipinski definition) is 3. The summed E-state index contributed by atoms with van der Waals surface area (Å²) in [6.07, 6.45) is 2.52. The first-order valence-corrected chi connectivity index (χ1v) is 10.7. The maximum Gasteiger partial charge on any atom is 0.259 e. The van der Waals surface area contributed by atoms with E-state index >= 15 is 0 Å². The number of amides is 2. The molecule has 2 heterocycles. The van der Waals surface area contributed by atoms with E-state index in [-0.39, 0.29) is 11.5 Å². The molecule has 8 nitrogen and oxygen atoms in total. The van der Waals surface area contributed by atoms with Gasteiger partial charge in [0.05, 0.1) is 23.4 Å². The molecule has 1 aliphatic rings. The Balaban J connectivity index is 1.52. The topological polar surface area (TPSA) is 107 Å². The fourth-order valence-corrected chi connectivity index (χ4v) is 3.39. The average molecular weight is 464 g/mol. The van der Waals surface area contributed by atoms with E-state index in [1.807, 2.05) is 4.90 Å². The van der Waals surface area contributed by atoms with Crippen molar-refractivity contribution >= 4 is 40.8 Å². The van der Waals surface area contributed by atoms with Crippen molar-refractivity contribution in [3.05, 3.63) is 82.5 Å². The van der Waals surface area contributed by atoms with E-state index in [9.17, 15) is 9.59 Å². The normalized spacial score (nSPS) is 12.5. The number of amidine groups is 1. The molecule has 0 spiro atoms. The summed E-state index contributed by atoms with van der Waals surface area (Å²) < 4.78 is 5.23. The van der Waals surface area contributed by atoms with Crippen LogP contribution in [0.15, 0.2) is 60.8 Å². The highest BCUT2D eigenvalue weighted by atomic mass is 35.5. The predicted molar refractivity (Wildman–Crippen MR) is 128 cm³/mol. The van der Waals surface area contributed by atoms with E-state index < -0.39 is 5.91 Å². The Kier molecular flexibility index (Phi) is 6.55. The number of carbonyl (C=O) groups is 2. The van der Waals surface area contributed by atoms with Crippen molar-refractivity contribution in [2.45, 2.75) is 6.42 Å². The molecule has 0 atom stereocenters. The molecule has 3 N–H and O–H groups in total. The first-order chi connectivity index (χ1) is 15.9. The summed E-state index contributed by atoms with van der Waals surface area (Å²) in [5, 5.41) is 14.1. The first-order valence-electron chi connectivity index (χ1n) is 10.3. The van der Waals surface area contributed by atoms with Gasteiger partial charge in [0.25, 0.3) is 11.8 Å². The molecule has 9 heteroatoms. The minimum atomic E-state index is -0.461. The number of benzene rings is 2. The van der Waals surface area contributed by atoms with Gasteiger partial charge in [-0.2, -0.15) is 0 Å². The van der Waals surface area contributed by atoms with Crippen LogP contribution in [0.4, 0.5) is 11.5 Å². The maximum atomic E-state index is 12.9. The van der Waals surface area contributed by atoms with Gasteiger partial charge in [-0.05, 0) is 48.9 Å². The summed E-state index contributed by atoms with van der Waals surface area (Å²) in [6.45, 7) is 1.77. The van der Waals surface area contributed by atoms with Gasteiger partial charge in [0, 0.05) is 30.4 Å². The lowest BCUT2D eigenvalue weighted by atomic mass is 10.1. The molecule has 1 aliphatic heterocycles. The van der Waals surface area contributed by atoms with E-state index in [2.05, 4.69) is 15.6 Å². The number of hydrogen-bond acceptors (Lipinski definition) is 5. The average Bonchev–Trinajstić information content (AvgIpc) is 2.79. The standard InChI is InChI=1S/C24H22ClN5O3/c1-33-18-8-9-20(19(13-18)24(32)29-21-10-7-17(25)14-27-21)28-23(31)16-5-3-15(4-6-16)22(26)30-11-2-12-30/h3-10,13-14,26H,2,11-12H2,1H3,(H,28,31)(H,27,29,32). The maximum absolute atomic E-state index is 12.9. The van der Waals surface area contributed by atoms with Crippen LogP contribution in [-0.4, -0.2) is 47.7 Å². The van der Waals surface area contributed by atoms with E-state index in [1.54, 1.807) is 54.6 Å². The summed E-state index contributed by atoms with van der Waals surface area (Å²) >= 11 is 5.84. The smallest absolute Gasteiger partial charge is 0.259 e. The number of likely N-dealkylation sites (tertiary alicyclic amines) is 1. The third-order valence-corrected chi connectivity index (χ3v) is 5.50. The van der Waals surface area contributed by atoms with Gasteiger partial charge >= 0.3 is 0 Å². The summed E-state index contributed by atoms with van der Waals surface area (Å²) in [7, 11) is 1.50. The fourth-order valence-electron chi connectivity index (χ4n) is 3.28.